The molecule has 0 radical (unpaired) electrons. The number of nitrogens with zero attached hydrogens (tertiary/aromatic N) is 1. The maximum absolute atomic E-state index is 10.5. The number of rotatable bonds is 3. The predicted molar refractivity (Wildman–Crippen MR) is 66.7 cm³/mol. The Bertz CT molecular complexity index is 760. The van der Waals surface area contributed by atoms with Crippen molar-refractivity contribution in [2.24, 2.45) is 0 Å². The zero-order valence-corrected chi connectivity index (χ0v) is 10.1. The molecule has 0 aliphatic heterocycles. The molecule has 0 spiro atoms. The number of halogens is 1. The molecule has 3 rings (SSSR count). The van der Waals surface area contributed by atoms with Crippen molar-refractivity contribution in [1.29, 1.82) is 0 Å². The maximum Gasteiger partial charge on any atom is 0.436 e. The van der Waals surface area contributed by atoms with Gasteiger partial charge in [-0.25, -0.2) is 0 Å². The molecule has 0 N–H and O–H groups in total. The lowest BCUT2D eigenvalue weighted by molar-refractivity contribution is -0.402. The summed E-state index contributed by atoms with van der Waals surface area (Å²) in [7, 11) is 0. The number of fused-ring (bicyclic) bond motifs is 1. The Morgan fingerprint density at radius 1 is 1.11 bits per heavy atom. The molecule has 19 heavy (non-hydrogen) atoms. The third-order valence-electron chi connectivity index (χ3n) is 2.40. The minimum atomic E-state index is -0.648. The average molecular weight is 280 g/mol. The van der Waals surface area contributed by atoms with Gasteiger partial charge in [-0.3, -0.25) is 10.1 Å². The molecule has 0 amide bonds. The third-order valence-corrected chi connectivity index (χ3v) is 2.64. The van der Waals surface area contributed by atoms with Gasteiger partial charge in [-0.15, -0.1) is 0 Å². The van der Waals surface area contributed by atoms with Crippen LogP contribution in [-0.4, -0.2) is 4.92 Å². The highest BCUT2D eigenvalue weighted by Gasteiger charge is 2.14. The standard InChI is InChI=1S/C12H6ClNO5/c13-8-1-2-9-7(5-8)6-12(17-9)19-11-4-3-10(18-11)14(15)16/h1-6H. The van der Waals surface area contributed by atoms with Gasteiger partial charge in [0.2, 0.25) is 0 Å². The summed E-state index contributed by atoms with van der Waals surface area (Å²) in [5.41, 5.74) is 0.598. The quantitative estimate of drug-likeness (QED) is 0.525. The summed E-state index contributed by atoms with van der Waals surface area (Å²) in [4.78, 5) is 9.82. The molecule has 0 saturated heterocycles. The Hall–Kier alpha value is -2.47. The molecular weight excluding hydrogens is 274 g/mol. The third kappa shape index (κ3) is 2.25. The molecule has 0 saturated carbocycles. The molecule has 0 aliphatic rings. The molecular formula is C12H6ClNO5. The highest BCUT2D eigenvalue weighted by molar-refractivity contribution is 6.31. The highest BCUT2D eigenvalue weighted by atomic mass is 35.5. The zero-order valence-electron chi connectivity index (χ0n) is 9.33. The number of hydrogen-bond donors (Lipinski definition) is 0. The van der Waals surface area contributed by atoms with Crippen molar-refractivity contribution in [3.8, 4) is 11.9 Å². The van der Waals surface area contributed by atoms with Crippen molar-refractivity contribution in [3.05, 3.63) is 51.5 Å². The molecule has 1 aromatic carbocycles. The van der Waals surface area contributed by atoms with Crippen molar-refractivity contribution in [2.45, 2.75) is 0 Å². The fourth-order valence-corrected chi connectivity index (χ4v) is 1.78. The molecule has 3 aromatic rings. The van der Waals surface area contributed by atoms with Crippen molar-refractivity contribution in [3.63, 3.8) is 0 Å². The number of ether oxygens (including phenoxy) is 1. The molecule has 0 fully saturated rings. The van der Waals surface area contributed by atoms with E-state index in [9.17, 15) is 10.1 Å². The van der Waals surface area contributed by atoms with E-state index in [0.29, 0.717) is 10.6 Å². The fraction of sp³-hybridized carbons (Fsp3) is 0. The van der Waals surface area contributed by atoms with E-state index in [1.807, 2.05) is 0 Å². The van der Waals surface area contributed by atoms with Gasteiger partial charge >= 0.3 is 5.88 Å². The van der Waals surface area contributed by atoms with Crippen molar-refractivity contribution in [2.75, 3.05) is 0 Å². The van der Waals surface area contributed by atoms with Crippen LogP contribution in [0.3, 0.4) is 0 Å². The van der Waals surface area contributed by atoms with Gasteiger partial charge in [0.25, 0.3) is 11.9 Å². The van der Waals surface area contributed by atoms with Crippen molar-refractivity contribution >= 4 is 28.5 Å². The molecule has 0 aliphatic carbocycles. The molecule has 7 heteroatoms. The smallest absolute Gasteiger partial charge is 0.425 e. The average Bonchev–Trinajstić information content (AvgIpc) is 2.95. The monoisotopic (exact) mass is 279 g/mol. The van der Waals surface area contributed by atoms with Gasteiger partial charge in [0.05, 0.1) is 6.07 Å². The van der Waals surface area contributed by atoms with Gasteiger partial charge in [0.15, 0.2) is 0 Å². The van der Waals surface area contributed by atoms with Gasteiger partial charge in [-0.2, -0.15) is 0 Å². The van der Waals surface area contributed by atoms with Crippen LogP contribution in [0.25, 0.3) is 11.0 Å². The second-order valence-corrected chi connectivity index (χ2v) is 4.14. The Labute approximate surface area is 111 Å². The summed E-state index contributed by atoms with van der Waals surface area (Å²) in [6.45, 7) is 0. The van der Waals surface area contributed by atoms with Crippen LogP contribution in [0.4, 0.5) is 5.88 Å². The van der Waals surface area contributed by atoms with E-state index in [4.69, 9.17) is 25.2 Å². The molecule has 6 nitrogen and oxygen atoms in total. The Morgan fingerprint density at radius 2 is 1.95 bits per heavy atom. The lowest BCUT2D eigenvalue weighted by Crippen LogP contribution is -1.83. The van der Waals surface area contributed by atoms with Crippen LogP contribution in [0, 0.1) is 10.1 Å². The molecule has 0 unspecified atom stereocenters. The van der Waals surface area contributed by atoms with Crippen LogP contribution in [0.2, 0.25) is 5.02 Å². The second kappa shape index (κ2) is 4.33. The highest BCUT2D eigenvalue weighted by Crippen LogP contribution is 2.32. The van der Waals surface area contributed by atoms with Crippen LogP contribution < -0.4 is 4.74 Å². The van der Waals surface area contributed by atoms with Gasteiger partial charge in [-0.1, -0.05) is 11.6 Å². The lowest BCUT2D eigenvalue weighted by Gasteiger charge is -1.94. The topological polar surface area (TPSA) is 78.7 Å². The van der Waals surface area contributed by atoms with Crippen LogP contribution in [0.15, 0.2) is 45.2 Å². The van der Waals surface area contributed by atoms with Crippen LogP contribution in [-0.2, 0) is 0 Å². The zero-order chi connectivity index (χ0) is 13.4. The Kier molecular flexibility index (Phi) is 2.64. The summed E-state index contributed by atoms with van der Waals surface area (Å²) >= 11 is 5.85. The van der Waals surface area contributed by atoms with E-state index in [-0.39, 0.29) is 11.9 Å². The minimum absolute atomic E-state index is 0.0168. The van der Waals surface area contributed by atoms with E-state index >= 15 is 0 Å². The van der Waals surface area contributed by atoms with Crippen LogP contribution in [0.5, 0.6) is 11.9 Å². The number of nitro groups is 1. The first-order chi connectivity index (χ1) is 9.11. The Morgan fingerprint density at radius 3 is 2.68 bits per heavy atom. The van der Waals surface area contributed by atoms with E-state index in [1.54, 1.807) is 24.3 Å². The largest absolute Gasteiger partial charge is 0.436 e. The van der Waals surface area contributed by atoms with Crippen molar-refractivity contribution in [1.82, 2.24) is 0 Å². The molecule has 2 heterocycles. The summed E-state index contributed by atoms with van der Waals surface area (Å²) in [6.07, 6.45) is 0. The summed E-state index contributed by atoms with van der Waals surface area (Å²) in [5, 5.41) is 11.8. The molecule has 0 atom stereocenters. The van der Waals surface area contributed by atoms with Gasteiger partial charge in [-0.05, 0) is 18.2 Å². The normalized spacial score (nSPS) is 10.8. The Balaban J connectivity index is 1.89. The van der Waals surface area contributed by atoms with Crippen molar-refractivity contribution < 1.29 is 18.5 Å². The van der Waals surface area contributed by atoms with Crippen LogP contribution >= 0.6 is 11.6 Å². The number of furan rings is 2. The lowest BCUT2D eigenvalue weighted by atomic mass is 10.3. The SMILES string of the molecule is O=[N+]([O-])c1ccc(Oc2cc3cc(Cl)ccc3o2)o1. The van der Waals surface area contributed by atoms with E-state index in [0.717, 1.165) is 5.39 Å². The van der Waals surface area contributed by atoms with E-state index < -0.39 is 10.8 Å². The summed E-state index contributed by atoms with van der Waals surface area (Å²) < 4.78 is 15.5. The van der Waals surface area contributed by atoms with Gasteiger partial charge in [0.1, 0.15) is 10.5 Å². The minimum Gasteiger partial charge on any atom is -0.425 e. The number of benzene rings is 1. The van der Waals surface area contributed by atoms with E-state index in [2.05, 4.69) is 0 Å². The van der Waals surface area contributed by atoms with Crippen LogP contribution in [0.1, 0.15) is 0 Å². The van der Waals surface area contributed by atoms with Gasteiger partial charge < -0.3 is 13.6 Å². The van der Waals surface area contributed by atoms with Gasteiger partial charge in [0, 0.05) is 22.5 Å². The second-order valence-electron chi connectivity index (χ2n) is 3.70. The molecule has 0 bridgehead atoms. The fourth-order valence-electron chi connectivity index (χ4n) is 1.60. The van der Waals surface area contributed by atoms with E-state index in [1.165, 1.54) is 12.1 Å². The molecule has 2 aromatic heterocycles. The first kappa shape index (κ1) is 11.6. The summed E-state index contributed by atoms with van der Waals surface area (Å²) in [5.74, 6) is -0.243. The first-order valence-electron chi connectivity index (χ1n) is 5.23. The maximum atomic E-state index is 10.5. The summed E-state index contributed by atoms with van der Waals surface area (Å²) in [6, 6.07) is 9.28. The molecule has 96 valence electrons. The first-order valence-corrected chi connectivity index (χ1v) is 5.61. The number of hydrogen-bond acceptors (Lipinski definition) is 5. The predicted octanol–water partition coefficient (Wildman–Crippen LogP) is 4.38.